The quantitative estimate of drug-likeness (QED) is 0.702. The van der Waals surface area contributed by atoms with Crippen molar-refractivity contribution in [3.63, 3.8) is 0 Å². The van der Waals surface area contributed by atoms with Gasteiger partial charge >= 0.3 is 0 Å². The Bertz CT molecular complexity index is 342. The van der Waals surface area contributed by atoms with Gasteiger partial charge in [0, 0.05) is 4.87 Å². The van der Waals surface area contributed by atoms with Gasteiger partial charge in [-0.25, -0.2) is 0 Å². The Kier molecular flexibility index (Phi) is 2.31. The van der Waals surface area contributed by atoms with Gasteiger partial charge in [0.15, 0.2) is 11.5 Å². The van der Waals surface area contributed by atoms with Crippen molar-refractivity contribution in [3.05, 3.63) is 23.8 Å². The maximum absolute atomic E-state index is 6.15. The molecule has 1 aromatic rings. The van der Waals surface area contributed by atoms with E-state index in [1.54, 1.807) is 0 Å². The lowest BCUT2D eigenvalue weighted by atomic mass is 10.0. The predicted molar refractivity (Wildman–Crippen MR) is 56.2 cm³/mol. The van der Waals surface area contributed by atoms with Crippen molar-refractivity contribution in [3.8, 4) is 11.5 Å². The summed E-state index contributed by atoms with van der Waals surface area (Å²) in [5, 5.41) is 0. The van der Waals surface area contributed by atoms with Gasteiger partial charge in [-0.1, -0.05) is 6.07 Å². The number of hydrogen-bond acceptors (Lipinski definition) is 2. The molecule has 2 rings (SSSR count). The van der Waals surface area contributed by atoms with Gasteiger partial charge in [-0.15, -0.1) is 11.6 Å². The molecule has 0 atom stereocenters. The van der Waals surface area contributed by atoms with Crippen LogP contribution in [0.25, 0.3) is 0 Å². The molecule has 1 aliphatic rings. The van der Waals surface area contributed by atoms with Crippen LogP contribution in [0.1, 0.15) is 19.4 Å². The first-order valence-corrected chi connectivity index (χ1v) is 5.00. The summed E-state index contributed by atoms with van der Waals surface area (Å²) in [7, 11) is 0. The van der Waals surface area contributed by atoms with Crippen molar-refractivity contribution >= 4 is 11.6 Å². The number of benzene rings is 1. The molecule has 76 valence electrons. The highest BCUT2D eigenvalue weighted by molar-refractivity contribution is 6.23. The first-order valence-electron chi connectivity index (χ1n) is 4.62. The average molecular weight is 213 g/mol. The molecule has 0 fully saturated rings. The molecule has 1 aliphatic heterocycles. The number of fused-ring (bicyclic) bond motifs is 1. The van der Waals surface area contributed by atoms with Crippen LogP contribution in [0, 0.1) is 0 Å². The van der Waals surface area contributed by atoms with Crippen molar-refractivity contribution in [2.75, 3.05) is 6.79 Å². The van der Waals surface area contributed by atoms with Gasteiger partial charge in [0.1, 0.15) is 0 Å². The summed E-state index contributed by atoms with van der Waals surface area (Å²) in [6, 6.07) is 5.95. The molecule has 0 saturated carbocycles. The van der Waals surface area contributed by atoms with Crippen LogP contribution in [-0.4, -0.2) is 11.7 Å². The van der Waals surface area contributed by atoms with E-state index >= 15 is 0 Å². The van der Waals surface area contributed by atoms with Crippen molar-refractivity contribution in [2.24, 2.45) is 0 Å². The first kappa shape index (κ1) is 9.66. The number of hydrogen-bond donors (Lipinski definition) is 0. The molecule has 0 aliphatic carbocycles. The Morgan fingerprint density at radius 3 is 2.71 bits per heavy atom. The van der Waals surface area contributed by atoms with E-state index in [9.17, 15) is 0 Å². The summed E-state index contributed by atoms with van der Waals surface area (Å²) in [5.74, 6) is 1.64. The zero-order valence-electron chi connectivity index (χ0n) is 8.34. The number of alkyl halides is 1. The zero-order chi connectivity index (χ0) is 10.2. The van der Waals surface area contributed by atoms with Crippen LogP contribution >= 0.6 is 11.6 Å². The van der Waals surface area contributed by atoms with Crippen LogP contribution in [0.2, 0.25) is 0 Å². The molecule has 0 amide bonds. The highest BCUT2D eigenvalue weighted by atomic mass is 35.5. The molecule has 1 aromatic carbocycles. The Morgan fingerprint density at radius 2 is 2.00 bits per heavy atom. The molecule has 2 nitrogen and oxygen atoms in total. The molecule has 1 heterocycles. The Balaban J connectivity index is 2.21. The SMILES string of the molecule is CC(C)(Cl)Cc1ccc2c(c1)OCO2. The van der Waals surface area contributed by atoms with E-state index in [-0.39, 0.29) is 4.87 Å². The third-order valence-electron chi connectivity index (χ3n) is 2.06. The molecule has 0 unspecified atom stereocenters. The molecule has 0 spiro atoms. The van der Waals surface area contributed by atoms with Crippen LogP contribution in [0.15, 0.2) is 18.2 Å². The fourth-order valence-corrected chi connectivity index (χ4v) is 1.69. The third kappa shape index (κ3) is 2.13. The second kappa shape index (κ2) is 3.35. The van der Waals surface area contributed by atoms with Crippen LogP contribution in [0.5, 0.6) is 11.5 Å². The Labute approximate surface area is 88.8 Å². The van der Waals surface area contributed by atoms with Crippen LogP contribution in [0.4, 0.5) is 0 Å². The Hall–Kier alpha value is -0.890. The van der Waals surface area contributed by atoms with Crippen LogP contribution in [0.3, 0.4) is 0 Å². The topological polar surface area (TPSA) is 18.5 Å². The van der Waals surface area contributed by atoms with Crippen molar-refractivity contribution in [2.45, 2.75) is 25.1 Å². The monoisotopic (exact) mass is 212 g/mol. The molecule has 0 aromatic heterocycles. The molecule has 0 N–H and O–H groups in total. The summed E-state index contributed by atoms with van der Waals surface area (Å²) in [6.07, 6.45) is 0.825. The van der Waals surface area contributed by atoms with E-state index in [0.717, 1.165) is 17.9 Å². The lowest BCUT2D eigenvalue weighted by Crippen LogP contribution is -2.13. The van der Waals surface area contributed by atoms with E-state index in [4.69, 9.17) is 21.1 Å². The van der Waals surface area contributed by atoms with Gasteiger partial charge in [-0.2, -0.15) is 0 Å². The standard InChI is InChI=1S/C11H13ClO2/c1-11(2,12)6-8-3-4-9-10(5-8)14-7-13-9/h3-5H,6-7H2,1-2H3. The van der Waals surface area contributed by atoms with Gasteiger partial charge in [0.2, 0.25) is 6.79 Å². The molecule has 0 bridgehead atoms. The predicted octanol–water partition coefficient (Wildman–Crippen LogP) is 2.98. The van der Waals surface area contributed by atoms with Gasteiger partial charge < -0.3 is 9.47 Å². The first-order chi connectivity index (χ1) is 6.54. The minimum Gasteiger partial charge on any atom is -0.454 e. The smallest absolute Gasteiger partial charge is 0.231 e. The summed E-state index contributed by atoms with van der Waals surface area (Å²) < 4.78 is 10.5. The second-order valence-corrected chi connectivity index (χ2v) is 5.11. The van der Waals surface area contributed by atoms with Crippen LogP contribution < -0.4 is 9.47 Å². The van der Waals surface area contributed by atoms with Gasteiger partial charge in [0.05, 0.1) is 0 Å². The molecular weight excluding hydrogens is 200 g/mol. The van der Waals surface area contributed by atoms with Gasteiger partial charge in [-0.3, -0.25) is 0 Å². The van der Waals surface area contributed by atoms with E-state index in [0.29, 0.717) is 6.79 Å². The van der Waals surface area contributed by atoms with E-state index in [2.05, 4.69) is 0 Å². The van der Waals surface area contributed by atoms with E-state index < -0.39 is 0 Å². The maximum atomic E-state index is 6.15. The van der Waals surface area contributed by atoms with E-state index in [1.807, 2.05) is 32.0 Å². The zero-order valence-corrected chi connectivity index (χ0v) is 9.10. The number of rotatable bonds is 2. The fraction of sp³-hybridized carbons (Fsp3) is 0.455. The van der Waals surface area contributed by atoms with Crippen molar-refractivity contribution < 1.29 is 9.47 Å². The lowest BCUT2D eigenvalue weighted by molar-refractivity contribution is 0.174. The highest BCUT2D eigenvalue weighted by Gasteiger charge is 2.17. The van der Waals surface area contributed by atoms with Gasteiger partial charge in [-0.05, 0) is 38.0 Å². The number of ether oxygens (including phenoxy) is 2. The Morgan fingerprint density at radius 1 is 1.29 bits per heavy atom. The van der Waals surface area contributed by atoms with Crippen LogP contribution in [-0.2, 0) is 6.42 Å². The van der Waals surface area contributed by atoms with Crippen molar-refractivity contribution in [1.29, 1.82) is 0 Å². The minimum absolute atomic E-state index is 0.215. The summed E-state index contributed by atoms with van der Waals surface area (Å²) in [4.78, 5) is -0.215. The molecule has 0 saturated heterocycles. The van der Waals surface area contributed by atoms with E-state index in [1.165, 1.54) is 5.56 Å². The second-order valence-electron chi connectivity index (χ2n) is 4.08. The normalized spacial score (nSPS) is 14.5. The highest BCUT2D eigenvalue weighted by Crippen LogP contribution is 2.33. The minimum atomic E-state index is -0.215. The molecular formula is C11H13ClO2. The van der Waals surface area contributed by atoms with Gasteiger partial charge in [0.25, 0.3) is 0 Å². The fourth-order valence-electron chi connectivity index (χ4n) is 1.54. The third-order valence-corrected chi connectivity index (χ3v) is 2.20. The maximum Gasteiger partial charge on any atom is 0.231 e. The summed E-state index contributed by atoms with van der Waals surface area (Å²) >= 11 is 6.15. The molecule has 0 radical (unpaired) electrons. The summed E-state index contributed by atoms with van der Waals surface area (Å²) in [5.41, 5.74) is 1.18. The molecule has 3 heteroatoms. The van der Waals surface area contributed by atoms with Crippen molar-refractivity contribution in [1.82, 2.24) is 0 Å². The molecule has 14 heavy (non-hydrogen) atoms. The largest absolute Gasteiger partial charge is 0.454 e. The number of halogens is 1. The summed E-state index contributed by atoms with van der Waals surface area (Å²) in [6.45, 7) is 4.32. The average Bonchev–Trinajstić information content (AvgIpc) is 2.47. The lowest BCUT2D eigenvalue weighted by Gasteiger charge is -2.15.